The van der Waals surface area contributed by atoms with Gasteiger partial charge in [-0.25, -0.2) is 4.98 Å². The molecule has 3 N–H and O–H groups in total. The van der Waals surface area contributed by atoms with Crippen LogP contribution in [0.5, 0.6) is 0 Å². The third-order valence-electron chi connectivity index (χ3n) is 4.83. The normalized spacial score (nSPS) is 15.7. The first-order chi connectivity index (χ1) is 12.1. The molecule has 0 bridgehead atoms. The Morgan fingerprint density at radius 3 is 2.33 bits per heavy atom. The van der Waals surface area contributed by atoms with Crippen molar-refractivity contribution < 1.29 is 4.79 Å². The van der Waals surface area contributed by atoms with Crippen LogP contribution in [0.25, 0.3) is 0 Å². The number of piperidine rings is 1. The first kappa shape index (κ1) is 23.2. The number of nitrogens with one attached hydrogen (secondary N) is 1. The van der Waals surface area contributed by atoms with Gasteiger partial charge in [-0.2, -0.15) is 0 Å². The average molecular weight is 411 g/mol. The highest BCUT2D eigenvalue weighted by Gasteiger charge is 2.22. The lowest BCUT2D eigenvalue weighted by atomic mass is 9.94. The maximum atomic E-state index is 12.5. The number of anilines is 2. The van der Waals surface area contributed by atoms with Crippen molar-refractivity contribution in [3.05, 3.63) is 54.2 Å². The smallest absolute Gasteiger partial charge is 0.229 e. The van der Waals surface area contributed by atoms with E-state index in [0.29, 0.717) is 5.69 Å². The van der Waals surface area contributed by atoms with Crippen LogP contribution in [0.15, 0.2) is 48.7 Å². The van der Waals surface area contributed by atoms with Crippen LogP contribution in [0.1, 0.15) is 37.8 Å². The van der Waals surface area contributed by atoms with Gasteiger partial charge in [-0.05, 0) is 37.0 Å². The molecule has 1 fully saturated rings. The van der Waals surface area contributed by atoms with Crippen LogP contribution in [0.3, 0.4) is 0 Å². The quantitative estimate of drug-likeness (QED) is 0.774. The van der Waals surface area contributed by atoms with E-state index in [-0.39, 0.29) is 42.7 Å². The molecule has 1 saturated heterocycles. The highest BCUT2D eigenvalue weighted by molar-refractivity contribution is 5.92. The van der Waals surface area contributed by atoms with Crippen LogP contribution in [0, 0.1) is 5.92 Å². The number of carbonyl (C=O) groups is 1. The van der Waals surface area contributed by atoms with Crippen molar-refractivity contribution in [1.82, 2.24) is 4.98 Å². The summed E-state index contributed by atoms with van der Waals surface area (Å²) in [7, 11) is 0. The summed E-state index contributed by atoms with van der Waals surface area (Å²) >= 11 is 0. The highest BCUT2D eigenvalue weighted by atomic mass is 35.5. The molecule has 27 heavy (non-hydrogen) atoms. The Morgan fingerprint density at radius 2 is 1.74 bits per heavy atom. The summed E-state index contributed by atoms with van der Waals surface area (Å²) in [6, 6.07) is 13.3. The minimum absolute atomic E-state index is 0. The number of amides is 1. The number of hydrogen-bond acceptors (Lipinski definition) is 4. The number of aromatic nitrogens is 1. The van der Waals surface area contributed by atoms with Gasteiger partial charge in [-0.3, -0.25) is 4.79 Å². The molecule has 0 saturated carbocycles. The van der Waals surface area contributed by atoms with Crippen molar-refractivity contribution in [2.75, 3.05) is 23.3 Å². The Labute approximate surface area is 173 Å². The van der Waals surface area contributed by atoms with E-state index in [4.69, 9.17) is 5.73 Å². The molecule has 1 aliphatic rings. The second-order valence-corrected chi connectivity index (χ2v) is 6.67. The van der Waals surface area contributed by atoms with Gasteiger partial charge in [0.1, 0.15) is 5.82 Å². The lowest BCUT2D eigenvalue weighted by Gasteiger charge is -2.27. The molecule has 7 heteroatoms. The van der Waals surface area contributed by atoms with Crippen LogP contribution in [0.4, 0.5) is 11.5 Å². The van der Waals surface area contributed by atoms with E-state index >= 15 is 0 Å². The molecule has 2 atom stereocenters. The Morgan fingerprint density at radius 1 is 1.07 bits per heavy atom. The number of carbonyl (C=O) groups excluding carboxylic acids is 1. The fourth-order valence-corrected chi connectivity index (χ4v) is 3.15. The molecule has 5 nitrogen and oxygen atoms in total. The Balaban J connectivity index is 0.00000182. The molecule has 2 heterocycles. The van der Waals surface area contributed by atoms with Crippen molar-refractivity contribution in [3.63, 3.8) is 0 Å². The van der Waals surface area contributed by atoms with Crippen LogP contribution >= 0.6 is 24.8 Å². The van der Waals surface area contributed by atoms with Crippen molar-refractivity contribution in [2.45, 2.75) is 32.2 Å². The van der Waals surface area contributed by atoms with E-state index in [0.717, 1.165) is 24.5 Å². The largest absolute Gasteiger partial charge is 0.357 e. The zero-order valence-electron chi connectivity index (χ0n) is 15.5. The first-order valence-corrected chi connectivity index (χ1v) is 8.97. The molecule has 2 aromatic rings. The van der Waals surface area contributed by atoms with Crippen molar-refractivity contribution >= 4 is 42.2 Å². The third kappa shape index (κ3) is 6.09. The molecule has 1 aromatic carbocycles. The van der Waals surface area contributed by atoms with Crippen LogP contribution in [-0.4, -0.2) is 24.0 Å². The van der Waals surface area contributed by atoms with Gasteiger partial charge in [0.05, 0.1) is 17.8 Å². The minimum Gasteiger partial charge on any atom is -0.357 e. The van der Waals surface area contributed by atoms with Crippen LogP contribution < -0.4 is 16.0 Å². The maximum absolute atomic E-state index is 12.5. The second-order valence-electron chi connectivity index (χ2n) is 6.67. The Hall–Kier alpha value is -1.82. The van der Waals surface area contributed by atoms with E-state index in [2.05, 4.69) is 15.2 Å². The van der Waals surface area contributed by atoms with Gasteiger partial charge in [0.2, 0.25) is 5.91 Å². The lowest BCUT2D eigenvalue weighted by Crippen LogP contribution is -2.31. The molecule has 1 amide bonds. The van der Waals surface area contributed by atoms with Crippen LogP contribution in [0.2, 0.25) is 0 Å². The van der Waals surface area contributed by atoms with Crippen LogP contribution in [-0.2, 0) is 4.79 Å². The maximum Gasteiger partial charge on any atom is 0.229 e. The summed E-state index contributed by atoms with van der Waals surface area (Å²) in [5, 5.41) is 2.92. The zero-order chi connectivity index (χ0) is 17.6. The zero-order valence-corrected chi connectivity index (χ0v) is 17.1. The van der Waals surface area contributed by atoms with Gasteiger partial charge in [-0.15, -0.1) is 24.8 Å². The monoisotopic (exact) mass is 410 g/mol. The topological polar surface area (TPSA) is 71.2 Å². The number of hydrogen-bond donors (Lipinski definition) is 2. The SMILES string of the molecule is CC(C(=O)Nc1ccc(N2CCCCC2)nc1)C(N)c1ccccc1.Cl.Cl. The van der Waals surface area contributed by atoms with E-state index in [1.807, 2.05) is 49.4 Å². The number of nitrogens with zero attached hydrogens (tertiary/aromatic N) is 2. The van der Waals surface area contributed by atoms with Gasteiger partial charge in [0.25, 0.3) is 0 Å². The molecule has 1 aromatic heterocycles. The summed E-state index contributed by atoms with van der Waals surface area (Å²) in [6.07, 6.45) is 5.46. The second kappa shape index (κ2) is 11.1. The summed E-state index contributed by atoms with van der Waals surface area (Å²) < 4.78 is 0. The van der Waals surface area contributed by atoms with E-state index < -0.39 is 0 Å². The van der Waals surface area contributed by atoms with Gasteiger partial charge >= 0.3 is 0 Å². The van der Waals surface area contributed by atoms with E-state index in [9.17, 15) is 4.79 Å². The molecule has 0 radical (unpaired) electrons. The number of benzene rings is 1. The van der Waals surface area contributed by atoms with Crippen molar-refractivity contribution in [1.29, 1.82) is 0 Å². The number of nitrogens with two attached hydrogens (primary N) is 1. The van der Waals surface area contributed by atoms with Crippen molar-refractivity contribution in [3.8, 4) is 0 Å². The summed E-state index contributed by atoms with van der Waals surface area (Å²) in [5.41, 5.74) is 7.90. The molecular formula is C20H28Cl2N4O. The standard InChI is InChI=1S/C20H26N4O.2ClH/c1-15(19(21)16-8-4-2-5-9-16)20(25)23-17-10-11-18(22-14-17)24-12-6-3-7-13-24;;/h2,4-5,8-11,14-15,19H,3,6-7,12-13,21H2,1H3,(H,23,25);2*1H. The Kier molecular flexibility index (Phi) is 9.56. The van der Waals surface area contributed by atoms with Crippen molar-refractivity contribution in [2.24, 2.45) is 11.7 Å². The molecule has 3 rings (SSSR count). The fourth-order valence-electron chi connectivity index (χ4n) is 3.15. The minimum atomic E-state index is -0.332. The third-order valence-corrected chi connectivity index (χ3v) is 4.83. The number of rotatable bonds is 5. The van der Waals surface area contributed by atoms with Gasteiger partial charge in [-0.1, -0.05) is 37.3 Å². The summed E-state index contributed by atoms with van der Waals surface area (Å²) in [4.78, 5) is 19.3. The van der Waals surface area contributed by atoms with Gasteiger partial charge < -0.3 is 16.0 Å². The van der Waals surface area contributed by atoms with Gasteiger partial charge in [0.15, 0.2) is 0 Å². The van der Waals surface area contributed by atoms with E-state index in [1.165, 1.54) is 19.3 Å². The summed E-state index contributed by atoms with van der Waals surface area (Å²) in [5.74, 6) is 0.555. The number of halogens is 2. The molecule has 0 aliphatic carbocycles. The highest BCUT2D eigenvalue weighted by Crippen LogP contribution is 2.22. The molecule has 2 unspecified atom stereocenters. The van der Waals surface area contributed by atoms with E-state index in [1.54, 1.807) is 6.20 Å². The lowest BCUT2D eigenvalue weighted by molar-refractivity contribution is -0.120. The molecule has 1 aliphatic heterocycles. The number of pyridine rings is 1. The average Bonchev–Trinajstić information content (AvgIpc) is 2.68. The molecule has 148 valence electrons. The Bertz CT molecular complexity index is 691. The first-order valence-electron chi connectivity index (χ1n) is 8.97. The predicted octanol–water partition coefficient (Wildman–Crippen LogP) is 4.19. The fraction of sp³-hybridized carbons (Fsp3) is 0.400. The molecular weight excluding hydrogens is 383 g/mol. The van der Waals surface area contributed by atoms with Gasteiger partial charge in [0, 0.05) is 19.1 Å². The summed E-state index contributed by atoms with van der Waals surface area (Å²) in [6.45, 7) is 3.96. The predicted molar refractivity (Wildman–Crippen MR) is 116 cm³/mol. The molecule has 0 spiro atoms.